The van der Waals surface area contributed by atoms with Gasteiger partial charge in [-0.05, 0) is 30.3 Å². The quantitative estimate of drug-likeness (QED) is 0.840. The molecule has 6 heteroatoms. The van der Waals surface area contributed by atoms with Crippen LogP contribution in [0.1, 0.15) is 21.5 Å². The first kappa shape index (κ1) is 14.4. The highest BCUT2D eigenvalue weighted by atomic mass is 35.5. The SMILES string of the molecule is O=C(c1cccc(C(F)(F)F)c1)c1cc(Cl)ccc1O. The third-order valence-corrected chi connectivity index (χ3v) is 2.89. The van der Waals surface area contributed by atoms with Crippen molar-refractivity contribution in [3.63, 3.8) is 0 Å². The Bertz CT molecular complexity index is 666. The highest BCUT2D eigenvalue weighted by Gasteiger charge is 2.31. The first-order chi connectivity index (χ1) is 9.29. The molecule has 0 atom stereocenters. The lowest BCUT2D eigenvalue weighted by Gasteiger charge is -2.09. The number of benzene rings is 2. The third kappa shape index (κ3) is 2.93. The summed E-state index contributed by atoms with van der Waals surface area (Å²) in [5.41, 5.74) is -1.24. The predicted octanol–water partition coefficient (Wildman–Crippen LogP) is 4.30. The topological polar surface area (TPSA) is 37.3 Å². The van der Waals surface area contributed by atoms with Crippen LogP contribution in [0.2, 0.25) is 5.02 Å². The van der Waals surface area contributed by atoms with E-state index in [0.717, 1.165) is 18.2 Å². The number of phenolic OH excluding ortho intramolecular Hbond substituents is 1. The fourth-order valence-corrected chi connectivity index (χ4v) is 1.85. The lowest BCUT2D eigenvalue weighted by atomic mass is 10.0. The zero-order chi connectivity index (χ0) is 14.9. The number of rotatable bonds is 2. The minimum Gasteiger partial charge on any atom is -0.507 e. The van der Waals surface area contributed by atoms with Gasteiger partial charge in [-0.1, -0.05) is 23.7 Å². The molecule has 0 aliphatic rings. The maximum Gasteiger partial charge on any atom is 0.416 e. The van der Waals surface area contributed by atoms with Crippen molar-refractivity contribution in [2.45, 2.75) is 6.18 Å². The molecule has 0 radical (unpaired) electrons. The number of carbonyl (C=O) groups is 1. The van der Waals surface area contributed by atoms with Crippen LogP contribution in [-0.4, -0.2) is 10.9 Å². The van der Waals surface area contributed by atoms with Crippen LogP contribution in [0.3, 0.4) is 0 Å². The van der Waals surface area contributed by atoms with E-state index in [1.807, 2.05) is 0 Å². The molecule has 0 heterocycles. The lowest BCUT2D eigenvalue weighted by Crippen LogP contribution is -2.08. The Hall–Kier alpha value is -2.01. The molecule has 0 bridgehead atoms. The molecule has 2 rings (SSSR count). The molecule has 20 heavy (non-hydrogen) atoms. The molecule has 0 saturated carbocycles. The number of aromatic hydroxyl groups is 1. The molecule has 0 amide bonds. The Kier molecular flexibility index (Phi) is 3.72. The van der Waals surface area contributed by atoms with Crippen molar-refractivity contribution in [1.82, 2.24) is 0 Å². The van der Waals surface area contributed by atoms with Gasteiger partial charge < -0.3 is 5.11 Å². The van der Waals surface area contributed by atoms with Gasteiger partial charge in [-0.25, -0.2) is 0 Å². The lowest BCUT2D eigenvalue weighted by molar-refractivity contribution is -0.137. The molecule has 2 nitrogen and oxygen atoms in total. The average Bonchev–Trinajstić information content (AvgIpc) is 2.40. The van der Waals surface area contributed by atoms with E-state index in [0.29, 0.717) is 0 Å². The molecular formula is C14H8ClF3O2. The van der Waals surface area contributed by atoms with Crippen molar-refractivity contribution in [1.29, 1.82) is 0 Å². The summed E-state index contributed by atoms with van der Waals surface area (Å²) in [6.07, 6.45) is -4.54. The Morgan fingerprint density at radius 3 is 2.45 bits per heavy atom. The van der Waals surface area contributed by atoms with Crippen molar-refractivity contribution in [2.24, 2.45) is 0 Å². The fraction of sp³-hybridized carbons (Fsp3) is 0.0714. The van der Waals surface area contributed by atoms with Crippen molar-refractivity contribution in [3.05, 3.63) is 64.2 Å². The summed E-state index contributed by atoms with van der Waals surface area (Å²) in [4.78, 5) is 12.1. The van der Waals surface area contributed by atoms with E-state index in [1.165, 1.54) is 24.3 Å². The van der Waals surface area contributed by atoms with Gasteiger partial charge in [0, 0.05) is 10.6 Å². The van der Waals surface area contributed by atoms with E-state index >= 15 is 0 Å². The zero-order valence-electron chi connectivity index (χ0n) is 9.91. The molecular weight excluding hydrogens is 293 g/mol. The molecule has 1 N–H and O–H groups in total. The predicted molar refractivity (Wildman–Crippen MR) is 68.0 cm³/mol. The average molecular weight is 301 g/mol. The number of carbonyl (C=O) groups excluding carboxylic acids is 1. The highest BCUT2D eigenvalue weighted by Crippen LogP contribution is 2.31. The standard InChI is InChI=1S/C14H8ClF3O2/c15-10-4-5-12(19)11(7-10)13(20)8-2-1-3-9(6-8)14(16,17)18/h1-7,19H. The van der Waals surface area contributed by atoms with Gasteiger partial charge in [0.2, 0.25) is 0 Å². The Morgan fingerprint density at radius 2 is 1.80 bits per heavy atom. The number of alkyl halides is 3. The van der Waals surface area contributed by atoms with Crippen molar-refractivity contribution < 1.29 is 23.1 Å². The largest absolute Gasteiger partial charge is 0.507 e. The van der Waals surface area contributed by atoms with Gasteiger partial charge in [0.05, 0.1) is 11.1 Å². The molecule has 0 aromatic heterocycles. The molecule has 0 saturated heterocycles. The van der Waals surface area contributed by atoms with Gasteiger partial charge in [-0.15, -0.1) is 0 Å². The van der Waals surface area contributed by atoms with E-state index in [4.69, 9.17) is 11.6 Å². The number of hydrogen-bond donors (Lipinski definition) is 1. The first-order valence-electron chi connectivity index (χ1n) is 5.49. The van der Waals surface area contributed by atoms with Crippen LogP contribution in [0.15, 0.2) is 42.5 Å². The molecule has 104 valence electrons. The zero-order valence-corrected chi connectivity index (χ0v) is 10.7. The van der Waals surface area contributed by atoms with Gasteiger partial charge in [0.1, 0.15) is 5.75 Å². The molecule has 0 aliphatic heterocycles. The first-order valence-corrected chi connectivity index (χ1v) is 5.87. The van der Waals surface area contributed by atoms with E-state index in [1.54, 1.807) is 0 Å². The number of ketones is 1. The van der Waals surface area contributed by atoms with Crippen LogP contribution < -0.4 is 0 Å². The van der Waals surface area contributed by atoms with E-state index in [-0.39, 0.29) is 21.9 Å². The normalized spacial score (nSPS) is 11.4. The molecule has 2 aromatic carbocycles. The summed E-state index contributed by atoms with van der Waals surface area (Å²) in [5.74, 6) is -1.06. The van der Waals surface area contributed by atoms with Crippen molar-refractivity contribution in [3.8, 4) is 5.75 Å². The number of phenols is 1. The maximum absolute atomic E-state index is 12.6. The minimum atomic E-state index is -4.54. The van der Waals surface area contributed by atoms with Gasteiger partial charge >= 0.3 is 6.18 Å². The second-order valence-electron chi connectivity index (χ2n) is 4.07. The summed E-state index contributed by atoms with van der Waals surface area (Å²) in [6, 6.07) is 7.79. The van der Waals surface area contributed by atoms with Crippen LogP contribution in [0, 0.1) is 0 Å². The van der Waals surface area contributed by atoms with Crippen LogP contribution in [0.25, 0.3) is 0 Å². The van der Waals surface area contributed by atoms with Gasteiger partial charge in [0.25, 0.3) is 0 Å². The summed E-state index contributed by atoms with van der Waals surface area (Å²) in [7, 11) is 0. The molecule has 0 fully saturated rings. The summed E-state index contributed by atoms with van der Waals surface area (Å²) < 4.78 is 37.8. The van der Waals surface area contributed by atoms with E-state index in [9.17, 15) is 23.1 Å². The monoisotopic (exact) mass is 300 g/mol. The van der Waals surface area contributed by atoms with Gasteiger partial charge in [-0.3, -0.25) is 4.79 Å². The van der Waals surface area contributed by atoms with Crippen molar-refractivity contribution in [2.75, 3.05) is 0 Å². The van der Waals surface area contributed by atoms with Crippen LogP contribution in [0.5, 0.6) is 5.75 Å². The summed E-state index contributed by atoms with van der Waals surface area (Å²) >= 11 is 5.71. The van der Waals surface area contributed by atoms with E-state index < -0.39 is 17.5 Å². The van der Waals surface area contributed by atoms with E-state index in [2.05, 4.69) is 0 Å². The van der Waals surface area contributed by atoms with Crippen LogP contribution in [-0.2, 0) is 6.18 Å². The van der Waals surface area contributed by atoms with Gasteiger partial charge in [-0.2, -0.15) is 13.2 Å². The second-order valence-corrected chi connectivity index (χ2v) is 4.51. The molecule has 0 unspecified atom stereocenters. The fourth-order valence-electron chi connectivity index (χ4n) is 1.68. The Morgan fingerprint density at radius 1 is 1.10 bits per heavy atom. The number of hydrogen-bond acceptors (Lipinski definition) is 2. The highest BCUT2D eigenvalue weighted by molar-refractivity contribution is 6.31. The molecule has 0 aliphatic carbocycles. The summed E-state index contributed by atoms with van der Waals surface area (Å²) in [6.45, 7) is 0. The maximum atomic E-state index is 12.6. The smallest absolute Gasteiger partial charge is 0.416 e. The van der Waals surface area contributed by atoms with Crippen LogP contribution in [0.4, 0.5) is 13.2 Å². The molecule has 0 spiro atoms. The molecule has 2 aromatic rings. The second kappa shape index (κ2) is 5.17. The van der Waals surface area contributed by atoms with Crippen LogP contribution >= 0.6 is 11.6 Å². The Labute approximate surface area is 117 Å². The summed E-state index contributed by atoms with van der Waals surface area (Å²) in [5, 5.41) is 9.80. The van der Waals surface area contributed by atoms with Gasteiger partial charge in [0.15, 0.2) is 5.78 Å². The number of halogens is 4. The Balaban J connectivity index is 2.46. The third-order valence-electron chi connectivity index (χ3n) is 2.66. The van der Waals surface area contributed by atoms with Crippen molar-refractivity contribution >= 4 is 17.4 Å². The minimum absolute atomic E-state index is 0.142.